The summed E-state index contributed by atoms with van der Waals surface area (Å²) in [4.78, 5) is 2.36. The van der Waals surface area contributed by atoms with Gasteiger partial charge < -0.3 is 10.0 Å². The fourth-order valence-electron chi connectivity index (χ4n) is 3.21. The van der Waals surface area contributed by atoms with Crippen molar-refractivity contribution in [3.63, 3.8) is 0 Å². The van der Waals surface area contributed by atoms with Crippen LogP contribution in [0.1, 0.15) is 36.0 Å². The van der Waals surface area contributed by atoms with Crippen LogP contribution in [0.25, 0.3) is 0 Å². The Labute approximate surface area is 110 Å². The molecule has 98 valence electrons. The minimum Gasteiger partial charge on any atom is -0.396 e. The summed E-state index contributed by atoms with van der Waals surface area (Å²) < 4.78 is 0. The van der Waals surface area contributed by atoms with Crippen molar-refractivity contribution in [1.29, 1.82) is 0 Å². The molecular weight excluding hydrogens is 222 g/mol. The molecule has 0 aromatic heterocycles. The quantitative estimate of drug-likeness (QED) is 0.861. The molecule has 0 saturated heterocycles. The molecule has 0 heterocycles. The molecule has 1 saturated carbocycles. The molecule has 0 spiro atoms. The monoisotopic (exact) mass is 245 g/mol. The van der Waals surface area contributed by atoms with Crippen molar-refractivity contribution >= 4 is 0 Å². The summed E-state index contributed by atoms with van der Waals surface area (Å²) in [6.45, 7) is 2.39. The first-order valence-corrected chi connectivity index (χ1v) is 7.11. The highest BCUT2D eigenvalue weighted by atomic mass is 16.3. The van der Waals surface area contributed by atoms with Gasteiger partial charge in [0.2, 0.25) is 0 Å². The molecule has 0 bridgehead atoms. The van der Waals surface area contributed by atoms with Crippen LogP contribution in [0, 0.1) is 5.41 Å². The molecular formula is C16H23NO. The zero-order valence-electron chi connectivity index (χ0n) is 11.3. The van der Waals surface area contributed by atoms with Crippen molar-refractivity contribution in [3.05, 3.63) is 34.9 Å². The zero-order valence-corrected chi connectivity index (χ0v) is 11.3. The van der Waals surface area contributed by atoms with Gasteiger partial charge in [-0.05, 0) is 55.8 Å². The molecule has 0 amide bonds. The fraction of sp³-hybridized carbons (Fsp3) is 0.625. The minimum absolute atomic E-state index is 0.228. The summed E-state index contributed by atoms with van der Waals surface area (Å²) in [5.41, 5.74) is 4.76. The van der Waals surface area contributed by atoms with Gasteiger partial charge in [-0.1, -0.05) is 18.2 Å². The number of aliphatic hydroxyl groups excluding tert-OH is 1. The van der Waals surface area contributed by atoms with Gasteiger partial charge in [0.25, 0.3) is 0 Å². The number of fused-ring (bicyclic) bond motifs is 1. The maximum absolute atomic E-state index is 9.37. The van der Waals surface area contributed by atoms with E-state index in [1.54, 1.807) is 11.1 Å². The van der Waals surface area contributed by atoms with Gasteiger partial charge in [0, 0.05) is 25.1 Å². The molecule has 3 rings (SSSR count). The fourth-order valence-corrected chi connectivity index (χ4v) is 3.21. The van der Waals surface area contributed by atoms with Crippen molar-refractivity contribution in [2.75, 3.05) is 20.2 Å². The highest BCUT2D eigenvalue weighted by Gasteiger charge is 2.42. The third kappa shape index (κ3) is 2.45. The lowest BCUT2D eigenvalue weighted by atomic mass is 10.0. The first-order valence-electron chi connectivity index (χ1n) is 7.11. The van der Waals surface area contributed by atoms with Crippen molar-refractivity contribution in [3.8, 4) is 0 Å². The van der Waals surface area contributed by atoms with Crippen LogP contribution >= 0.6 is 0 Å². The number of nitrogens with zero attached hydrogens (tertiary/aromatic N) is 1. The molecule has 0 unspecified atom stereocenters. The zero-order chi connectivity index (χ0) is 12.6. The largest absolute Gasteiger partial charge is 0.396 e. The molecule has 0 radical (unpaired) electrons. The second-order valence-corrected chi connectivity index (χ2v) is 6.29. The van der Waals surface area contributed by atoms with Crippen molar-refractivity contribution in [1.82, 2.24) is 4.90 Å². The molecule has 1 fully saturated rings. The van der Waals surface area contributed by atoms with Crippen LogP contribution in [-0.2, 0) is 19.4 Å². The second-order valence-electron chi connectivity index (χ2n) is 6.29. The SMILES string of the molecule is CN(Cc1ccc2c(c1)CCC2)CC1(CO)CC1. The molecule has 0 atom stereocenters. The van der Waals surface area contributed by atoms with Crippen LogP contribution in [-0.4, -0.2) is 30.2 Å². The third-order valence-electron chi connectivity index (χ3n) is 4.51. The van der Waals surface area contributed by atoms with E-state index >= 15 is 0 Å². The molecule has 18 heavy (non-hydrogen) atoms. The van der Waals surface area contributed by atoms with E-state index in [0.717, 1.165) is 13.1 Å². The first kappa shape index (κ1) is 12.2. The molecule has 0 aliphatic heterocycles. The minimum atomic E-state index is 0.228. The van der Waals surface area contributed by atoms with E-state index in [4.69, 9.17) is 0 Å². The van der Waals surface area contributed by atoms with Crippen LogP contribution < -0.4 is 0 Å². The summed E-state index contributed by atoms with van der Waals surface area (Å²) >= 11 is 0. The van der Waals surface area contributed by atoms with Crippen LogP contribution in [0.3, 0.4) is 0 Å². The third-order valence-corrected chi connectivity index (χ3v) is 4.51. The van der Waals surface area contributed by atoms with Gasteiger partial charge in [0.1, 0.15) is 0 Å². The Hall–Kier alpha value is -0.860. The van der Waals surface area contributed by atoms with E-state index in [2.05, 4.69) is 30.1 Å². The van der Waals surface area contributed by atoms with Gasteiger partial charge in [-0.25, -0.2) is 0 Å². The van der Waals surface area contributed by atoms with E-state index in [-0.39, 0.29) is 5.41 Å². The summed E-state index contributed by atoms with van der Waals surface area (Å²) in [6, 6.07) is 6.97. The Bertz CT molecular complexity index is 437. The van der Waals surface area contributed by atoms with Gasteiger partial charge in [-0.3, -0.25) is 0 Å². The second kappa shape index (κ2) is 4.67. The normalized spacial score (nSPS) is 20.2. The maximum Gasteiger partial charge on any atom is 0.0499 e. The summed E-state index contributed by atoms with van der Waals surface area (Å²) in [5, 5.41) is 9.37. The van der Waals surface area contributed by atoms with Crippen LogP contribution in [0.2, 0.25) is 0 Å². The lowest BCUT2D eigenvalue weighted by Gasteiger charge is -2.22. The number of aryl methyl sites for hydroxylation is 2. The van der Waals surface area contributed by atoms with Gasteiger partial charge in [-0.15, -0.1) is 0 Å². The Morgan fingerprint density at radius 2 is 2.00 bits per heavy atom. The van der Waals surface area contributed by atoms with Crippen molar-refractivity contribution in [2.24, 2.45) is 5.41 Å². The average molecular weight is 245 g/mol. The number of hydrogen-bond donors (Lipinski definition) is 1. The Kier molecular flexibility index (Phi) is 3.16. The van der Waals surface area contributed by atoms with Gasteiger partial charge in [-0.2, -0.15) is 0 Å². The van der Waals surface area contributed by atoms with E-state index in [1.165, 1.54) is 37.7 Å². The van der Waals surface area contributed by atoms with Crippen molar-refractivity contribution in [2.45, 2.75) is 38.6 Å². The Morgan fingerprint density at radius 3 is 2.72 bits per heavy atom. The average Bonchev–Trinajstić information content (AvgIpc) is 2.97. The van der Waals surface area contributed by atoms with Crippen molar-refractivity contribution < 1.29 is 5.11 Å². The van der Waals surface area contributed by atoms with E-state index < -0.39 is 0 Å². The summed E-state index contributed by atoms with van der Waals surface area (Å²) in [7, 11) is 2.17. The topological polar surface area (TPSA) is 23.5 Å². The Morgan fingerprint density at radius 1 is 1.22 bits per heavy atom. The first-order chi connectivity index (χ1) is 8.71. The molecule has 1 N–H and O–H groups in total. The maximum atomic E-state index is 9.37. The van der Waals surface area contributed by atoms with E-state index in [0.29, 0.717) is 6.61 Å². The number of aliphatic hydroxyl groups is 1. The number of rotatable bonds is 5. The predicted molar refractivity (Wildman–Crippen MR) is 73.6 cm³/mol. The van der Waals surface area contributed by atoms with Gasteiger partial charge in [0.05, 0.1) is 0 Å². The van der Waals surface area contributed by atoms with Crippen LogP contribution in [0.5, 0.6) is 0 Å². The number of benzene rings is 1. The molecule has 1 aromatic carbocycles. The molecule has 2 nitrogen and oxygen atoms in total. The lowest BCUT2D eigenvalue weighted by molar-refractivity contribution is 0.161. The van der Waals surface area contributed by atoms with Gasteiger partial charge >= 0.3 is 0 Å². The smallest absolute Gasteiger partial charge is 0.0499 e. The number of hydrogen-bond acceptors (Lipinski definition) is 2. The lowest BCUT2D eigenvalue weighted by Crippen LogP contribution is -2.28. The van der Waals surface area contributed by atoms with Crippen LogP contribution in [0.4, 0.5) is 0 Å². The van der Waals surface area contributed by atoms with E-state index in [9.17, 15) is 5.11 Å². The summed E-state index contributed by atoms with van der Waals surface area (Å²) in [6.07, 6.45) is 6.23. The standard InChI is InChI=1S/C16H23NO/c1-17(11-16(12-18)7-8-16)10-13-5-6-14-3-2-4-15(14)9-13/h5-6,9,18H,2-4,7-8,10-12H2,1H3. The Balaban J connectivity index is 1.62. The molecule has 1 aromatic rings. The molecule has 2 aliphatic carbocycles. The highest BCUT2D eigenvalue weighted by Crippen LogP contribution is 2.45. The molecule has 2 heteroatoms. The predicted octanol–water partition coefficient (Wildman–Crippen LogP) is 2.38. The van der Waals surface area contributed by atoms with E-state index in [1.807, 2.05) is 0 Å². The highest BCUT2D eigenvalue weighted by molar-refractivity contribution is 5.35. The molecule has 2 aliphatic rings. The summed E-state index contributed by atoms with van der Waals surface area (Å²) in [5.74, 6) is 0. The van der Waals surface area contributed by atoms with Gasteiger partial charge in [0.15, 0.2) is 0 Å². The van der Waals surface area contributed by atoms with Crippen LogP contribution in [0.15, 0.2) is 18.2 Å².